The number of carbonyl (C=O) groups is 1. The van der Waals surface area contributed by atoms with Gasteiger partial charge in [0.15, 0.2) is 0 Å². The van der Waals surface area contributed by atoms with Crippen LogP contribution in [-0.4, -0.2) is 10.5 Å². The van der Waals surface area contributed by atoms with E-state index in [9.17, 15) is 4.79 Å². The van der Waals surface area contributed by atoms with E-state index in [1.807, 2.05) is 11.6 Å². The maximum atomic E-state index is 10.7. The minimum absolute atomic E-state index is 0.296. The fourth-order valence-electron chi connectivity index (χ4n) is 1.23. The minimum Gasteiger partial charge on any atom is -0.409 e. The zero-order valence-corrected chi connectivity index (χ0v) is 9.51. The van der Waals surface area contributed by atoms with Gasteiger partial charge in [-0.2, -0.15) is 0 Å². The van der Waals surface area contributed by atoms with Gasteiger partial charge in [-0.05, 0) is 22.4 Å². The van der Waals surface area contributed by atoms with Gasteiger partial charge in [-0.1, -0.05) is 6.92 Å². The predicted molar refractivity (Wildman–Crippen MR) is 53.8 cm³/mol. The average Bonchev–Trinajstić information content (AvgIpc) is 2.26. The van der Waals surface area contributed by atoms with Crippen LogP contribution in [0.4, 0.5) is 0 Å². The first kappa shape index (κ1) is 10.3. The first-order chi connectivity index (χ1) is 6.06. The molecule has 1 aromatic rings. The third-order valence-corrected chi connectivity index (χ3v) is 2.53. The number of esters is 1. The van der Waals surface area contributed by atoms with Crippen molar-refractivity contribution in [3.8, 4) is 5.88 Å². The van der Waals surface area contributed by atoms with E-state index in [1.54, 1.807) is 6.07 Å². The number of hydrogen-bond acceptors (Lipinski definition) is 2. The zero-order valence-electron chi connectivity index (χ0n) is 7.93. The standard InChI is InChI=1S/C9H12BrNO2/c1-4-8-7(10)5-9(11(8)3)13-6(2)12/h5H,4H2,1-3H3. The van der Waals surface area contributed by atoms with Crippen molar-refractivity contribution in [2.75, 3.05) is 0 Å². The van der Waals surface area contributed by atoms with E-state index in [-0.39, 0.29) is 5.97 Å². The summed E-state index contributed by atoms with van der Waals surface area (Å²) in [5, 5.41) is 0. The van der Waals surface area contributed by atoms with Gasteiger partial charge in [0.2, 0.25) is 5.88 Å². The molecule has 72 valence electrons. The van der Waals surface area contributed by atoms with Crippen LogP contribution >= 0.6 is 15.9 Å². The topological polar surface area (TPSA) is 31.2 Å². The lowest BCUT2D eigenvalue weighted by molar-refractivity contribution is -0.132. The summed E-state index contributed by atoms with van der Waals surface area (Å²) >= 11 is 3.41. The first-order valence-corrected chi connectivity index (χ1v) is 4.88. The number of ether oxygens (including phenoxy) is 1. The number of rotatable bonds is 2. The van der Waals surface area contributed by atoms with Gasteiger partial charge < -0.3 is 9.30 Å². The summed E-state index contributed by atoms with van der Waals surface area (Å²) in [7, 11) is 1.88. The molecule has 0 spiro atoms. The SMILES string of the molecule is CCc1c(Br)cc(OC(C)=O)n1C. The number of hydrogen-bond donors (Lipinski definition) is 0. The largest absolute Gasteiger partial charge is 0.409 e. The molecule has 0 fully saturated rings. The summed E-state index contributed by atoms with van der Waals surface area (Å²) in [4.78, 5) is 10.7. The minimum atomic E-state index is -0.296. The molecule has 3 nitrogen and oxygen atoms in total. The second-order valence-corrected chi connectivity index (χ2v) is 3.64. The quantitative estimate of drug-likeness (QED) is 0.749. The molecule has 0 amide bonds. The molecule has 13 heavy (non-hydrogen) atoms. The third kappa shape index (κ3) is 2.12. The van der Waals surface area contributed by atoms with E-state index >= 15 is 0 Å². The Balaban J connectivity index is 3.03. The molecule has 0 aromatic carbocycles. The highest BCUT2D eigenvalue weighted by Gasteiger charge is 2.10. The molecule has 1 heterocycles. The molecule has 0 saturated heterocycles. The maximum Gasteiger partial charge on any atom is 0.309 e. The highest BCUT2D eigenvalue weighted by atomic mass is 79.9. The highest BCUT2D eigenvalue weighted by Crippen LogP contribution is 2.26. The van der Waals surface area contributed by atoms with Crippen LogP contribution in [0.2, 0.25) is 0 Å². The lowest BCUT2D eigenvalue weighted by Gasteiger charge is -2.04. The monoisotopic (exact) mass is 245 g/mol. The van der Waals surface area contributed by atoms with Crippen molar-refractivity contribution in [3.05, 3.63) is 16.2 Å². The fraction of sp³-hybridized carbons (Fsp3) is 0.444. The number of nitrogens with zero attached hydrogens (tertiary/aromatic N) is 1. The van der Waals surface area contributed by atoms with Crippen molar-refractivity contribution >= 4 is 21.9 Å². The third-order valence-electron chi connectivity index (χ3n) is 1.84. The number of aromatic nitrogens is 1. The molecule has 1 aromatic heterocycles. The molecule has 0 aliphatic heterocycles. The Morgan fingerprint density at radius 3 is 2.69 bits per heavy atom. The Hall–Kier alpha value is -0.770. The van der Waals surface area contributed by atoms with Crippen molar-refractivity contribution in [1.82, 2.24) is 4.57 Å². The number of halogens is 1. The normalized spacial score (nSPS) is 10.2. The average molecular weight is 246 g/mol. The summed E-state index contributed by atoms with van der Waals surface area (Å²) in [5.74, 6) is 0.284. The molecule has 1 rings (SSSR count). The van der Waals surface area contributed by atoms with E-state index in [0.717, 1.165) is 16.6 Å². The summed E-state index contributed by atoms with van der Waals surface area (Å²) in [5.41, 5.74) is 1.12. The molecule has 0 saturated carbocycles. The van der Waals surface area contributed by atoms with Gasteiger partial charge in [0, 0.05) is 30.2 Å². The summed E-state index contributed by atoms with van der Waals surface area (Å²) in [6.07, 6.45) is 0.901. The van der Waals surface area contributed by atoms with E-state index in [4.69, 9.17) is 4.74 Å². The second-order valence-electron chi connectivity index (χ2n) is 2.78. The zero-order chi connectivity index (χ0) is 10.0. The Morgan fingerprint density at radius 2 is 2.31 bits per heavy atom. The Morgan fingerprint density at radius 1 is 1.69 bits per heavy atom. The lowest BCUT2D eigenvalue weighted by Crippen LogP contribution is -2.06. The first-order valence-electron chi connectivity index (χ1n) is 4.08. The van der Waals surface area contributed by atoms with Crippen LogP contribution in [0.3, 0.4) is 0 Å². The van der Waals surface area contributed by atoms with Gasteiger partial charge in [-0.15, -0.1) is 0 Å². The molecule has 0 aliphatic carbocycles. The predicted octanol–water partition coefficient (Wildman–Crippen LogP) is 2.28. The van der Waals surface area contributed by atoms with Gasteiger partial charge in [-0.3, -0.25) is 4.79 Å². The van der Waals surface area contributed by atoms with E-state index < -0.39 is 0 Å². The smallest absolute Gasteiger partial charge is 0.309 e. The van der Waals surface area contributed by atoms with E-state index in [1.165, 1.54) is 6.92 Å². The molecule has 0 aliphatic rings. The van der Waals surface area contributed by atoms with Crippen LogP contribution in [0.5, 0.6) is 5.88 Å². The van der Waals surface area contributed by atoms with Crippen LogP contribution < -0.4 is 4.74 Å². The fourth-order valence-corrected chi connectivity index (χ4v) is 1.98. The van der Waals surface area contributed by atoms with Gasteiger partial charge in [0.25, 0.3) is 0 Å². The lowest BCUT2D eigenvalue weighted by atomic mass is 10.3. The summed E-state index contributed by atoms with van der Waals surface area (Å²) in [6, 6.07) is 1.81. The summed E-state index contributed by atoms with van der Waals surface area (Å²) in [6.45, 7) is 3.45. The highest BCUT2D eigenvalue weighted by molar-refractivity contribution is 9.10. The van der Waals surface area contributed by atoms with Crippen LogP contribution in [0.1, 0.15) is 19.5 Å². The molecule has 0 radical (unpaired) electrons. The van der Waals surface area contributed by atoms with Gasteiger partial charge in [-0.25, -0.2) is 0 Å². The molecular formula is C9H12BrNO2. The Bertz CT molecular complexity index is 331. The van der Waals surface area contributed by atoms with Crippen LogP contribution in [0, 0.1) is 0 Å². The second kappa shape index (κ2) is 3.96. The van der Waals surface area contributed by atoms with Gasteiger partial charge >= 0.3 is 5.97 Å². The molecule has 0 N–H and O–H groups in total. The van der Waals surface area contributed by atoms with Crippen molar-refractivity contribution in [3.63, 3.8) is 0 Å². The molecule has 0 atom stereocenters. The maximum absolute atomic E-state index is 10.7. The van der Waals surface area contributed by atoms with E-state index in [2.05, 4.69) is 22.9 Å². The molecule has 0 unspecified atom stereocenters. The molecule has 4 heteroatoms. The van der Waals surface area contributed by atoms with Crippen LogP contribution in [-0.2, 0) is 18.3 Å². The van der Waals surface area contributed by atoms with E-state index in [0.29, 0.717) is 5.88 Å². The van der Waals surface area contributed by atoms with Gasteiger partial charge in [0.1, 0.15) is 0 Å². The number of carbonyl (C=O) groups excluding carboxylic acids is 1. The summed E-state index contributed by atoms with van der Waals surface area (Å²) < 4.78 is 7.85. The van der Waals surface area contributed by atoms with Crippen LogP contribution in [0.15, 0.2) is 10.5 Å². The molecular weight excluding hydrogens is 234 g/mol. The van der Waals surface area contributed by atoms with Crippen molar-refractivity contribution in [1.29, 1.82) is 0 Å². The van der Waals surface area contributed by atoms with Crippen molar-refractivity contribution in [2.45, 2.75) is 20.3 Å². The Kier molecular flexibility index (Phi) is 3.14. The van der Waals surface area contributed by atoms with Crippen molar-refractivity contribution in [2.24, 2.45) is 7.05 Å². The Labute approximate surface area is 85.8 Å². The molecule has 0 bridgehead atoms. The van der Waals surface area contributed by atoms with Crippen molar-refractivity contribution < 1.29 is 9.53 Å². The van der Waals surface area contributed by atoms with Crippen LogP contribution in [0.25, 0.3) is 0 Å². The van der Waals surface area contributed by atoms with Gasteiger partial charge in [0.05, 0.1) is 0 Å².